The second-order valence-electron chi connectivity index (χ2n) is 16.1. The Labute approximate surface area is 392 Å². The summed E-state index contributed by atoms with van der Waals surface area (Å²) < 4.78 is 0. The quantitative estimate of drug-likeness (QED) is 0.0426. The van der Waals surface area contributed by atoms with Gasteiger partial charge in [-0.15, -0.1) is 0 Å². The van der Waals surface area contributed by atoms with Crippen LogP contribution in [0.15, 0.2) is 52.8 Å². The second kappa shape index (κ2) is 28.3. The van der Waals surface area contributed by atoms with E-state index in [1.54, 1.807) is 30.3 Å². The summed E-state index contributed by atoms with van der Waals surface area (Å²) in [6, 6.07) is -0.522. The molecule has 1 aliphatic heterocycles. The maximum atomic E-state index is 14.4. The molecule has 1 aromatic carbocycles. The number of hydrogen-bond donors (Lipinski definition) is 14. The van der Waals surface area contributed by atoms with E-state index >= 15 is 0 Å². The van der Waals surface area contributed by atoms with E-state index in [0.29, 0.717) is 11.3 Å². The number of nitrogens with one attached hydrogen (secondary N) is 9. The maximum absolute atomic E-state index is 14.4. The first-order valence-corrected chi connectivity index (χ1v) is 22.1. The SMILES string of the molecule is CC(=O)N[C@@H](CCCN=C(N)N)C(=O)NC1CCCNC(=O)CCC(C(N)=O)NC(=O)[C@H](C)NC(=O)[C@H](CCCN=C(N)N)NC(=O)C(Cc2ccccc2)NC(=O)[C@H](Cc2cnc[nH]2)NC1=O. The van der Waals surface area contributed by atoms with Crippen molar-refractivity contribution in [1.29, 1.82) is 0 Å². The van der Waals surface area contributed by atoms with Crippen molar-refractivity contribution >= 4 is 65.1 Å². The molecule has 9 amide bonds. The van der Waals surface area contributed by atoms with Crippen molar-refractivity contribution < 1.29 is 43.2 Å². The van der Waals surface area contributed by atoms with E-state index in [-0.39, 0.29) is 95.8 Å². The molecule has 68 heavy (non-hydrogen) atoms. The number of aliphatic imine (C=N–C) groups is 2. The number of imidazole rings is 1. The van der Waals surface area contributed by atoms with Gasteiger partial charge >= 0.3 is 0 Å². The number of H-pyrrole nitrogens is 1. The predicted octanol–water partition coefficient (Wildman–Crippen LogP) is -5.09. The van der Waals surface area contributed by atoms with Crippen molar-refractivity contribution in [1.82, 2.24) is 52.5 Å². The van der Waals surface area contributed by atoms with Gasteiger partial charge in [0.05, 0.1) is 6.33 Å². The molecule has 0 aliphatic carbocycles. The number of carbonyl (C=O) groups excluding carboxylic acids is 9. The maximum Gasteiger partial charge on any atom is 0.243 e. The molecule has 3 rings (SSSR count). The highest BCUT2D eigenvalue weighted by atomic mass is 16.2. The highest BCUT2D eigenvalue weighted by Gasteiger charge is 2.34. The summed E-state index contributed by atoms with van der Waals surface area (Å²) in [6.45, 7) is 2.74. The van der Waals surface area contributed by atoms with E-state index in [2.05, 4.69) is 62.5 Å². The van der Waals surface area contributed by atoms with Crippen molar-refractivity contribution in [3.8, 4) is 0 Å². The molecule has 1 fully saturated rings. The number of nitrogens with zero attached hydrogens (tertiary/aromatic N) is 3. The topological polar surface area (TPSA) is 433 Å². The van der Waals surface area contributed by atoms with Gasteiger partial charge < -0.3 is 76.2 Å². The van der Waals surface area contributed by atoms with Gasteiger partial charge in [-0.3, -0.25) is 53.1 Å². The number of benzene rings is 1. The standard InChI is InChI=1S/C42H65N17O9/c1-23-35(63)55-27(34(43)62)14-15-33(61)49-16-6-12-30(56-37(65)28(54-24(2)60)11-7-17-50-41(44)45)38(66)59-32(20-26-21-48-22-52-26)40(68)58-31(19-25-9-4-3-5-10-25)39(67)57-29(36(64)53-23)13-8-18-51-42(46)47/h3-5,9-10,21-23,27-32H,6-8,11-20H2,1-2H3,(H2,43,62)(H,48,52)(H,49,61)(H,53,64)(H,54,60)(H,55,63)(H,56,65)(H,57,67)(H,58,68)(H,59,66)(H4,44,45,50)(H4,46,47,51)/t23-,27?,28-,29-,30?,31?,32-/m0/s1. The van der Waals surface area contributed by atoms with E-state index in [1.165, 1.54) is 26.4 Å². The van der Waals surface area contributed by atoms with Crippen LogP contribution in [0.4, 0.5) is 0 Å². The van der Waals surface area contributed by atoms with Gasteiger partial charge in [-0.05, 0) is 57.4 Å². The van der Waals surface area contributed by atoms with E-state index in [1.807, 2.05) is 0 Å². The lowest BCUT2D eigenvalue weighted by Gasteiger charge is -2.27. The molecule has 0 bridgehead atoms. The molecule has 372 valence electrons. The summed E-state index contributed by atoms with van der Waals surface area (Å²) >= 11 is 0. The van der Waals surface area contributed by atoms with Crippen LogP contribution < -0.4 is 71.2 Å². The summed E-state index contributed by atoms with van der Waals surface area (Å²) in [5.74, 6) is -7.24. The number of aromatic nitrogens is 2. The first-order chi connectivity index (χ1) is 32.3. The van der Waals surface area contributed by atoms with Crippen LogP contribution in [0.3, 0.4) is 0 Å². The molecule has 2 aromatic rings. The van der Waals surface area contributed by atoms with Crippen LogP contribution in [-0.2, 0) is 56.0 Å². The lowest BCUT2D eigenvalue weighted by molar-refractivity contribution is -0.135. The van der Waals surface area contributed by atoms with E-state index in [9.17, 15) is 43.2 Å². The number of nitrogens with two attached hydrogens (primary N) is 5. The first-order valence-electron chi connectivity index (χ1n) is 22.1. The number of rotatable bonds is 16. The fourth-order valence-electron chi connectivity index (χ4n) is 6.89. The predicted molar refractivity (Wildman–Crippen MR) is 248 cm³/mol. The number of carbonyl (C=O) groups is 9. The van der Waals surface area contributed by atoms with Crippen LogP contribution in [0.2, 0.25) is 0 Å². The van der Waals surface area contributed by atoms with Crippen LogP contribution in [0.1, 0.15) is 76.5 Å². The Morgan fingerprint density at radius 3 is 2.00 bits per heavy atom. The molecular weight excluding hydrogens is 887 g/mol. The van der Waals surface area contributed by atoms with Crippen LogP contribution in [0.25, 0.3) is 0 Å². The highest BCUT2D eigenvalue weighted by molar-refractivity contribution is 5.97. The molecule has 0 spiro atoms. The third kappa shape index (κ3) is 20.2. The average Bonchev–Trinajstić information content (AvgIpc) is 3.80. The zero-order valence-electron chi connectivity index (χ0n) is 38.2. The Morgan fingerprint density at radius 2 is 1.38 bits per heavy atom. The van der Waals surface area contributed by atoms with Gasteiger partial charge in [-0.1, -0.05) is 30.3 Å². The van der Waals surface area contributed by atoms with Crippen molar-refractivity contribution in [2.75, 3.05) is 19.6 Å². The Morgan fingerprint density at radius 1 is 0.765 bits per heavy atom. The van der Waals surface area contributed by atoms with Crippen molar-refractivity contribution in [2.24, 2.45) is 38.7 Å². The fourth-order valence-corrected chi connectivity index (χ4v) is 6.89. The van der Waals surface area contributed by atoms with E-state index < -0.39 is 95.5 Å². The number of guanidine groups is 2. The van der Waals surface area contributed by atoms with Gasteiger partial charge in [-0.2, -0.15) is 0 Å². The monoisotopic (exact) mass is 952 g/mol. The molecule has 0 saturated carbocycles. The Kier molecular flexibility index (Phi) is 22.7. The number of amides is 9. The third-order valence-electron chi connectivity index (χ3n) is 10.4. The lowest BCUT2D eigenvalue weighted by atomic mass is 10.0. The first kappa shape index (κ1) is 54.5. The van der Waals surface area contributed by atoms with Crippen molar-refractivity contribution in [3.63, 3.8) is 0 Å². The third-order valence-corrected chi connectivity index (χ3v) is 10.4. The number of primary amides is 1. The largest absolute Gasteiger partial charge is 0.370 e. The Balaban J connectivity index is 2.08. The molecule has 19 N–H and O–H groups in total. The van der Waals surface area contributed by atoms with Crippen molar-refractivity contribution in [2.45, 2.75) is 120 Å². The van der Waals surface area contributed by atoms with Gasteiger partial charge in [0, 0.05) is 57.7 Å². The smallest absolute Gasteiger partial charge is 0.243 e. The normalized spacial score (nSPS) is 22.0. The summed E-state index contributed by atoms with van der Waals surface area (Å²) in [4.78, 5) is 136. The van der Waals surface area contributed by atoms with Gasteiger partial charge in [0.1, 0.15) is 42.3 Å². The zero-order chi connectivity index (χ0) is 50.2. The molecule has 7 atom stereocenters. The molecule has 3 unspecified atom stereocenters. The average molecular weight is 952 g/mol. The minimum atomic E-state index is -1.41. The molecule has 1 aliphatic rings. The lowest BCUT2D eigenvalue weighted by Crippen LogP contribution is -2.60. The molecule has 2 heterocycles. The Hall–Kier alpha value is -7.80. The summed E-state index contributed by atoms with van der Waals surface area (Å²) in [5.41, 5.74) is 28.4. The molecule has 26 nitrogen and oxygen atoms in total. The Bertz CT molecular complexity index is 2090. The minimum Gasteiger partial charge on any atom is -0.370 e. The van der Waals surface area contributed by atoms with Crippen molar-refractivity contribution in [3.05, 3.63) is 54.1 Å². The molecule has 1 aromatic heterocycles. The van der Waals surface area contributed by atoms with Gasteiger partial charge in [0.15, 0.2) is 11.9 Å². The van der Waals surface area contributed by atoms with E-state index in [0.717, 1.165) is 0 Å². The summed E-state index contributed by atoms with van der Waals surface area (Å²) in [7, 11) is 0. The van der Waals surface area contributed by atoms with Crippen LogP contribution >= 0.6 is 0 Å². The van der Waals surface area contributed by atoms with Crippen LogP contribution in [0, 0.1) is 0 Å². The van der Waals surface area contributed by atoms with Crippen LogP contribution in [0.5, 0.6) is 0 Å². The summed E-state index contributed by atoms with van der Waals surface area (Å²) in [5, 5.41) is 21.0. The van der Waals surface area contributed by atoms with Gasteiger partial charge in [-0.25, -0.2) is 4.98 Å². The second-order valence-corrected chi connectivity index (χ2v) is 16.1. The van der Waals surface area contributed by atoms with Gasteiger partial charge in [0.25, 0.3) is 0 Å². The molecule has 26 heteroatoms. The molecule has 0 radical (unpaired) electrons. The fraction of sp³-hybridized carbons (Fsp3) is 0.524. The van der Waals surface area contributed by atoms with Crippen LogP contribution in [-0.4, -0.2) is 137 Å². The number of hydrogen-bond acceptors (Lipinski definition) is 12. The molecular formula is C42H65N17O9. The number of aromatic amines is 1. The zero-order valence-corrected chi connectivity index (χ0v) is 38.2. The highest BCUT2D eigenvalue weighted by Crippen LogP contribution is 2.10. The minimum absolute atomic E-state index is 0.0236. The van der Waals surface area contributed by atoms with E-state index in [4.69, 9.17) is 28.7 Å². The molecule has 1 saturated heterocycles. The summed E-state index contributed by atoms with van der Waals surface area (Å²) in [6.07, 6.45) is 2.53. The van der Waals surface area contributed by atoms with Gasteiger partial charge in [0.2, 0.25) is 53.2 Å².